The highest BCUT2D eigenvalue weighted by Gasteiger charge is 2.19. The molecule has 0 aliphatic carbocycles. The van der Waals surface area contributed by atoms with E-state index < -0.39 is 0 Å². The predicted octanol–water partition coefficient (Wildman–Crippen LogP) is 16.9. The summed E-state index contributed by atoms with van der Waals surface area (Å²) in [4.78, 5) is 5.68. The summed E-state index contributed by atoms with van der Waals surface area (Å²) >= 11 is 0. The zero-order valence-corrected chi connectivity index (χ0v) is 34.7. The fourth-order valence-electron chi connectivity index (χ4n) is 8.83. The number of furan rings is 1. The highest BCUT2D eigenvalue weighted by atomic mass is 16.3. The van der Waals surface area contributed by atoms with E-state index in [9.17, 15) is 0 Å². The lowest BCUT2D eigenvalue weighted by Gasteiger charge is -2.13. The highest BCUT2D eigenvalue weighted by molar-refractivity contribution is 6.16. The molecule has 61 heavy (non-hydrogen) atoms. The Balaban J connectivity index is 1.07. The number of hydrogen-bond acceptors (Lipinski definition) is 2. The second-order valence-corrected chi connectivity index (χ2v) is 16.2. The van der Waals surface area contributed by atoms with Crippen molar-refractivity contribution in [2.24, 2.45) is 4.99 Å². The average Bonchev–Trinajstić information content (AvgIpc) is 3.71. The van der Waals surface area contributed by atoms with Gasteiger partial charge in [0, 0.05) is 27.6 Å². The number of rotatable bonds is 11. The van der Waals surface area contributed by atoms with Crippen molar-refractivity contribution in [3.63, 3.8) is 0 Å². The molecule has 1 heterocycles. The molecule has 0 fully saturated rings. The van der Waals surface area contributed by atoms with Crippen LogP contribution in [-0.4, -0.2) is 5.71 Å². The van der Waals surface area contributed by atoms with E-state index in [2.05, 4.69) is 214 Å². The van der Waals surface area contributed by atoms with E-state index in [4.69, 9.17) is 9.41 Å². The van der Waals surface area contributed by atoms with Gasteiger partial charge in [-0.05, 0) is 105 Å². The van der Waals surface area contributed by atoms with E-state index in [1.807, 2.05) is 0 Å². The molecular formula is C59H47NO. The van der Waals surface area contributed by atoms with Crippen molar-refractivity contribution in [1.29, 1.82) is 0 Å². The molecule has 2 heteroatoms. The van der Waals surface area contributed by atoms with Gasteiger partial charge in [0.25, 0.3) is 0 Å². The van der Waals surface area contributed by atoms with Crippen LogP contribution in [0.25, 0.3) is 88.3 Å². The molecule has 0 N–H and O–H groups in total. The van der Waals surface area contributed by atoms with Crippen LogP contribution in [0.3, 0.4) is 0 Å². The molecule has 1 aromatic heterocycles. The second-order valence-electron chi connectivity index (χ2n) is 16.2. The number of fused-ring (bicyclic) bond motifs is 6. The van der Waals surface area contributed by atoms with E-state index >= 15 is 0 Å². The fraction of sp³-hybridized carbons (Fsp3) is 0.102. The van der Waals surface area contributed by atoms with Crippen LogP contribution < -0.4 is 0 Å². The van der Waals surface area contributed by atoms with Gasteiger partial charge in [-0.3, -0.25) is 4.99 Å². The average molecular weight is 786 g/mol. The Morgan fingerprint density at radius 2 is 1.18 bits per heavy atom. The summed E-state index contributed by atoms with van der Waals surface area (Å²) in [7, 11) is 0. The van der Waals surface area contributed by atoms with Gasteiger partial charge in [0.1, 0.15) is 11.2 Å². The lowest BCUT2D eigenvalue weighted by atomic mass is 9.95. The number of para-hydroxylation sites is 1. The van der Waals surface area contributed by atoms with Crippen LogP contribution in [0.1, 0.15) is 56.2 Å². The maximum absolute atomic E-state index is 6.83. The zero-order chi connectivity index (χ0) is 41.1. The van der Waals surface area contributed by atoms with Crippen LogP contribution >= 0.6 is 0 Å². The molecule has 0 unspecified atom stereocenters. The fourth-order valence-corrected chi connectivity index (χ4v) is 8.83. The van der Waals surface area contributed by atoms with Crippen molar-refractivity contribution in [2.45, 2.75) is 39.5 Å². The van der Waals surface area contributed by atoms with Crippen molar-refractivity contribution in [1.82, 2.24) is 0 Å². The third-order valence-corrected chi connectivity index (χ3v) is 12.0. The minimum absolute atomic E-state index is 0.794. The zero-order valence-electron chi connectivity index (χ0n) is 34.7. The van der Waals surface area contributed by atoms with Gasteiger partial charge in [-0.15, -0.1) is 0 Å². The maximum Gasteiger partial charge on any atom is 0.143 e. The molecule has 0 radical (unpaired) electrons. The maximum atomic E-state index is 6.83. The molecule has 0 bridgehead atoms. The van der Waals surface area contributed by atoms with Crippen LogP contribution in [0.4, 0.5) is 0 Å². The topological polar surface area (TPSA) is 25.5 Å². The van der Waals surface area contributed by atoms with Gasteiger partial charge in [-0.25, -0.2) is 0 Å². The number of benzene rings is 9. The molecule has 0 atom stereocenters. The Morgan fingerprint density at radius 3 is 1.98 bits per heavy atom. The predicted molar refractivity (Wildman–Crippen MR) is 262 cm³/mol. The summed E-state index contributed by atoms with van der Waals surface area (Å²) in [5.74, 6) is 0. The number of nitrogens with zero attached hydrogens (tertiary/aromatic N) is 1. The van der Waals surface area contributed by atoms with Gasteiger partial charge in [0.15, 0.2) is 0 Å². The number of unbranched alkanes of at least 4 members (excludes halogenated alkanes) is 1. The normalized spacial score (nSPS) is 12.7. The van der Waals surface area contributed by atoms with Gasteiger partial charge in [-0.1, -0.05) is 201 Å². The minimum atomic E-state index is 0.794. The first-order valence-corrected chi connectivity index (χ1v) is 21.6. The SMILES string of the molecule is CCC/C=C(\N=C(CC/C(C)=C\c1ccc2ccccc2c1)c1ccc(-c2ccc3ccccc3c2)cc1)c1cccc2oc3c(-c4cccc5ccccc45)cccc3c12. The summed E-state index contributed by atoms with van der Waals surface area (Å²) in [6, 6.07) is 67.7. The van der Waals surface area contributed by atoms with Gasteiger partial charge in [-0.2, -0.15) is 0 Å². The summed E-state index contributed by atoms with van der Waals surface area (Å²) in [5.41, 5.74) is 13.3. The molecule has 0 spiro atoms. The first-order chi connectivity index (χ1) is 30.1. The van der Waals surface area contributed by atoms with E-state index in [0.29, 0.717) is 0 Å². The van der Waals surface area contributed by atoms with E-state index in [1.165, 1.54) is 60.1 Å². The Morgan fingerprint density at radius 1 is 0.541 bits per heavy atom. The standard InChI is InChI=1S/C59H47NO/c1-3-4-25-56(53-23-13-26-57-58(53)54-24-12-22-52(59(54)61-57)51-21-11-19-45-16-9-10-20-50(45)51)60-55(36-27-40(2)37-41-28-29-42-14-5-7-17-47(42)38-41)46-33-30-44(31-34-46)49-35-32-43-15-6-8-18-48(43)39-49/h5-26,28-35,37-39H,3-4,27,36H2,1-2H3/b40-37-,56-25-,60-55?. The summed E-state index contributed by atoms with van der Waals surface area (Å²) in [5, 5.41) is 9.65. The van der Waals surface area contributed by atoms with E-state index in [1.54, 1.807) is 0 Å². The molecular weight excluding hydrogens is 739 g/mol. The van der Waals surface area contributed by atoms with Crippen LogP contribution in [0, 0.1) is 0 Å². The van der Waals surface area contributed by atoms with Crippen LogP contribution in [0.15, 0.2) is 209 Å². The molecule has 2 nitrogen and oxygen atoms in total. The molecule has 0 saturated carbocycles. The molecule has 0 amide bonds. The van der Waals surface area contributed by atoms with Crippen LogP contribution in [0.2, 0.25) is 0 Å². The lowest BCUT2D eigenvalue weighted by molar-refractivity contribution is 0.670. The second kappa shape index (κ2) is 16.8. The number of aliphatic imine (C=N–C) groups is 1. The Labute approximate surface area is 357 Å². The van der Waals surface area contributed by atoms with Crippen molar-refractivity contribution < 1.29 is 4.42 Å². The molecule has 10 rings (SSSR count). The third-order valence-electron chi connectivity index (χ3n) is 12.0. The molecule has 294 valence electrons. The molecule has 9 aromatic carbocycles. The third kappa shape index (κ3) is 7.70. The number of allylic oxidation sites excluding steroid dienone is 2. The summed E-state index contributed by atoms with van der Waals surface area (Å²) in [6.45, 7) is 4.48. The van der Waals surface area contributed by atoms with Crippen LogP contribution in [0.5, 0.6) is 0 Å². The Bertz CT molecular complexity index is 3320. The lowest BCUT2D eigenvalue weighted by Crippen LogP contribution is -2.03. The summed E-state index contributed by atoms with van der Waals surface area (Å²) < 4.78 is 6.83. The van der Waals surface area contributed by atoms with Crippen molar-refractivity contribution in [2.75, 3.05) is 0 Å². The van der Waals surface area contributed by atoms with Gasteiger partial charge in [0.2, 0.25) is 0 Å². The Kier molecular flexibility index (Phi) is 10.4. The highest BCUT2D eigenvalue weighted by Crippen LogP contribution is 2.41. The van der Waals surface area contributed by atoms with E-state index in [0.717, 1.165) is 75.7 Å². The first kappa shape index (κ1) is 37.9. The quantitative estimate of drug-likeness (QED) is 0.120. The van der Waals surface area contributed by atoms with Crippen LogP contribution in [-0.2, 0) is 0 Å². The minimum Gasteiger partial charge on any atom is -0.455 e. The monoisotopic (exact) mass is 785 g/mol. The largest absolute Gasteiger partial charge is 0.455 e. The molecule has 0 saturated heterocycles. The molecule has 10 aromatic rings. The number of hydrogen-bond donors (Lipinski definition) is 0. The molecule has 0 aliphatic heterocycles. The summed E-state index contributed by atoms with van der Waals surface area (Å²) in [6.07, 6.45) is 8.27. The van der Waals surface area contributed by atoms with Crippen molar-refractivity contribution in [3.05, 3.63) is 216 Å². The van der Waals surface area contributed by atoms with Gasteiger partial charge in [0.05, 0.1) is 5.70 Å². The van der Waals surface area contributed by atoms with Crippen molar-refractivity contribution in [3.8, 4) is 22.3 Å². The van der Waals surface area contributed by atoms with Gasteiger partial charge >= 0.3 is 0 Å². The van der Waals surface area contributed by atoms with E-state index in [-0.39, 0.29) is 0 Å². The molecule has 0 aliphatic rings. The van der Waals surface area contributed by atoms with Gasteiger partial charge < -0.3 is 4.42 Å². The smallest absolute Gasteiger partial charge is 0.143 e. The first-order valence-electron chi connectivity index (χ1n) is 21.6. The van der Waals surface area contributed by atoms with Crippen molar-refractivity contribution >= 4 is 71.7 Å². The Hall–Kier alpha value is -7.29.